The summed E-state index contributed by atoms with van der Waals surface area (Å²) < 4.78 is 4.97. The molecule has 0 spiro atoms. The third-order valence-electron chi connectivity index (χ3n) is 2.60. The van der Waals surface area contributed by atoms with Gasteiger partial charge in [0.2, 0.25) is 0 Å². The van der Waals surface area contributed by atoms with E-state index in [1.807, 2.05) is 0 Å². The molecule has 0 bridgehead atoms. The highest BCUT2D eigenvalue weighted by molar-refractivity contribution is 5.68. The van der Waals surface area contributed by atoms with E-state index in [9.17, 15) is 9.90 Å². The molecular weight excluding hydrogens is 210 g/mol. The van der Waals surface area contributed by atoms with Gasteiger partial charge in [-0.2, -0.15) is 0 Å². The fourth-order valence-electron chi connectivity index (χ4n) is 1.93. The molecule has 1 atom stereocenters. The second kappa shape index (κ2) is 4.02. The van der Waals surface area contributed by atoms with E-state index in [4.69, 9.17) is 15.6 Å². The van der Waals surface area contributed by atoms with Crippen LogP contribution in [-0.4, -0.2) is 28.8 Å². The van der Waals surface area contributed by atoms with Gasteiger partial charge in [-0.05, 0) is 36.1 Å². The highest BCUT2D eigenvalue weighted by Gasteiger charge is 2.20. The molecule has 1 aliphatic rings. The topological polar surface area (TPSA) is 92.8 Å². The molecule has 1 unspecified atom stereocenters. The summed E-state index contributed by atoms with van der Waals surface area (Å²) in [5.74, 6) is -0.902. The third-order valence-corrected chi connectivity index (χ3v) is 2.60. The lowest BCUT2D eigenvalue weighted by molar-refractivity contribution is -0.139. The van der Waals surface area contributed by atoms with Crippen LogP contribution in [0.15, 0.2) is 12.1 Å². The number of aromatic hydroxyl groups is 1. The monoisotopic (exact) mass is 223 g/mol. The van der Waals surface area contributed by atoms with Crippen molar-refractivity contribution in [2.24, 2.45) is 5.73 Å². The van der Waals surface area contributed by atoms with E-state index in [2.05, 4.69) is 0 Å². The number of aliphatic carboxylic acids is 1. The van der Waals surface area contributed by atoms with Crippen LogP contribution in [-0.2, 0) is 17.6 Å². The number of hydrogen-bond donors (Lipinski definition) is 3. The van der Waals surface area contributed by atoms with Crippen LogP contribution >= 0.6 is 0 Å². The molecule has 2 rings (SSSR count). The lowest BCUT2D eigenvalue weighted by Crippen LogP contribution is -2.18. The van der Waals surface area contributed by atoms with Crippen LogP contribution in [0.1, 0.15) is 11.1 Å². The number of hydrogen-bond acceptors (Lipinski definition) is 4. The number of carbonyl (C=O) groups is 1. The molecule has 0 amide bonds. The minimum atomic E-state index is -1.07. The van der Waals surface area contributed by atoms with Gasteiger partial charge in [0.15, 0.2) is 18.1 Å². The van der Waals surface area contributed by atoms with Crippen LogP contribution in [0, 0.1) is 0 Å². The summed E-state index contributed by atoms with van der Waals surface area (Å²) in [7, 11) is 0. The lowest BCUT2D eigenvalue weighted by atomic mass is 10.1. The van der Waals surface area contributed by atoms with E-state index >= 15 is 0 Å². The fourth-order valence-corrected chi connectivity index (χ4v) is 1.93. The lowest BCUT2D eigenvalue weighted by Gasteiger charge is -2.08. The zero-order valence-electron chi connectivity index (χ0n) is 8.64. The molecule has 1 aromatic carbocycles. The average molecular weight is 223 g/mol. The molecule has 4 N–H and O–H groups in total. The van der Waals surface area contributed by atoms with Crippen LogP contribution in [0.5, 0.6) is 11.5 Å². The van der Waals surface area contributed by atoms with Crippen molar-refractivity contribution >= 4 is 5.97 Å². The Bertz CT molecular complexity index is 430. The number of fused-ring (bicyclic) bond motifs is 1. The van der Waals surface area contributed by atoms with Gasteiger partial charge in [0.05, 0.1) is 0 Å². The molecule has 0 fully saturated rings. The van der Waals surface area contributed by atoms with E-state index in [0.29, 0.717) is 0 Å². The maximum absolute atomic E-state index is 10.3. The quantitative estimate of drug-likeness (QED) is 0.684. The summed E-state index contributed by atoms with van der Waals surface area (Å²) in [4.78, 5) is 10.3. The molecule has 0 aliphatic heterocycles. The van der Waals surface area contributed by atoms with Gasteiger partial charge in [0.25, 0.3) is 0 Å². The van der Waals surface area contributed by atoms with E-state index in [1.54, 1.807) is 12.1 Å². The number of carboxylic acid groups (broad SMARTS) is 1. The van der Waals surface area contributed by atoms with Gasteiger partial charge in [-0.3, -0.25) is 0 Å². The van der Waals surface area contributed by atoms with Gasteiger partial charge in [-0.1, -0.05) is 0 Å². The molecule has 0 aromatic heterocycles. The predicted molar refractivity (Wildman–Crippen MR) is 56.6 cm³/mol. The molecule has 0 saturated carbocycles. The van der Waals surface area contributed by atoms with Gasteiger partial charge in [-0.25, -0.2) is 4.79 Å². The van der Waals surface area contributed by atoms with Crippen LogP contribution in [0.25, 0.3) is 0 Å². The second-order valence-corrected chi connectivity index (χ2v) is 3.94. The SMILES string of the molecule is NC1Cc2cc(O)c(OCC(=O)O)cc2C1. The van der Waals surface area contributed by atoms with E-state index in [-0.39, 0.29) is 17.5 Å². The summed E-state index contributed by atoms with van der Waals surface area (Å²) in [6.45, 7) is -0.460. The van der Waals surface area contributed by atoms with E-state index in [1.165, 1.54) is 0 Å². The van der Waals surface area contributed by atoms with Gasteiger partial charge in [-0.15, -0.1) is 0 Å². The Hall–Kier alpha value is -1.75. The van der Waals surface area contributed by atoms with E-state index in [0.717, 1.165) is 24.0 Å². The van der Waals surface area contributed by atoms with Crippen molar-refractivity contribution < 1.29 is 19.7 Å². The molecule has 0 saturated heterocycles. The van der Waals surface area contributed by atoms with Crippen molar-refractivity contribution in [2.75, 3.05) is 6.61 Å². The van der Waals surface area contributed by atoms with Crippen molar-refractivity contribution in [2.45, 2.75) is 18.9 Å². The molecule has 1 aromatic rings. The Labute approximate surface area is 92.5 Å². The largest absolute Gasteiger partial charge is 0.504 e. The van der Waals surface area contributed by atoms with Crippen molar-refractivity contribution in [3.8, 4) is 11.5 Å². The first-order valence-electron chi connectivity index (χ1n) is 5.01. The van der Waals surface area contributed by atoms with Gasteiger partial charge in [0.1, 0.15) is 0 Å². The van der Waals surface area contributed by atoms with Gasteiger partial charge < -0.3 is 20.7 Å². The highest BCUT2D eigenvalue weighted by atomic mass is 16.5. The zero-order chi connectivity index (χ0) is 11.7. The smallest absolute Gasteiger partial charge is 0.341 e. The Morgan fingerprint density at radius 2 is 2.06 bits per heavy atom. The first-order valence-corrected chi connectivity index (χ1v) is 5.01. The van der Waals surface area contributed by atoms with Crippen molar-refractivity contribution in [3.63, 3.8) is 0 Å². The molecular formula is C11H13NO4. The summed E-state index contributed by atoms with van der Waals surface area (Å²) in [6.07, 6.45) is 1.47. The van der Waals surface area contributed by atoms with Gasteiger partial charge in [0, 0.05) is 6.04 Å². The molecule has 1 aliphatic carbocycles. The molecule has 86 valence electrons. The number of ether oxygens (including phenoxy) is 1. The first-order chi connectivity index (χ1) is 7.56. The fraction of sp³-hybridized carbons (Fsp3) is 0.364. The Morgan fingerprint density at radius 1 is 1.44 bits per heavy atom. The molecule has 5 heteroatoms. The highest BCUT2D eigenvalue weighted by Crippen LogP contribution is 2.33. The predicted octanol–water partition coefficient (Wildman–Crippen LogP) is 0.281. The van der Waals surface area contributed by atoms with E-state index < -0.39 is 12.6 Å². The average Bonchev–Trinajstić information content (AvgIpc) is 2.53. The van der Waals surface area contributed by atoms with Crippen LogP contribution in [0.3, 0.4) is 0 Å². The van der Waals surface area contributed by atoms with Crippen molar-refractivity contribution in [1.29, 1.82) is 0 Å². The summed E-state index contributed by atoms with van der Waals surface area (Å²) in [5, 5.41) is 18.1. The minimum Gasteiger partial charge on any atom is -0.504 e. The minimum absolute atomic E-state index is 0.0332. The Morgan fingerprint density at radius 3 is 2.69 bits per heavy atom. The number of carboxylic acids is 1. The number of nitrogens with two attached hydrogens (primary N) is 1. The number of phenols is 1. The molecule has 0 heterocycles. The van der Waals surface area contributed by atoms with Crippen LogP contribution in [0.4, 0.5) is 0 Å². The third kappa shape index (κ3) is 2.09. The number of benzene rings is 1. The summed E-state index contributed by atoms with van der Waals surface area (Å²) in [5.41, 5.74) is 7.82. The van der Waals surface area contributed by atoms with Crippen molar-refractivity contribution in [1.82, 2.24) is 0 Å². The summed E-state index contributed by atoms with van der Waals surface area (Å²) in [6, 6.07) is 3.34. The standard InChI is InChI=1S/C11H13NO4/c12-8-1-6-3-9(13)10(4-7(6)2-8)16-5-11(14)15/h3-4,8,13H,1-2,5,12H2,(H,14,15). The molecule has 16 heavy (non-hydrogen) atoms. The molecule has 0 radical (unpaired) electrons. The number of phenolic OH excluding ortho intramolecular Hbond substituents is 1. The first kappa shape index (κ1) is 10.8. The maximum atomic E-state index is 10.3. The molecule has 5 nitrogen and oxygen atoms in total. The van der Waals surface area contributed by atoms with Crippen LogP contribution in [0.2, 0.25) is 0 Å². The summed E-state index contributed by atoms with van der Waals surface area (Å²) >= 11 is 0. The normalized spacial score (nSPS) is 18.2. The van der Waals surface area contributed by atoms with Crippen molar-refractivity contribution in [3.05, 3.63) is 23.3 Å². The Kier molecular flexibility index (Phi) is 2.70. The zero-order valence-corrected chi connectivity index (χ0v) is 8.64. The van der Waals surface area contributed by atoms with Crippen LogP contribution < -0.4 is 10.5 Å². The van der Waals surface area contributed by atoms with Gasteiger partial charge >= 0.3 is 5.97 Å². The Balaban J connectivity index is 2.21. The maximum Gasteiger partial charge on any atom is 0.341 e. The second-order valence-electron chi connectivity index (χ2n) is 3.94. The number of rotatable bonds is 3.